The molecule has 6 heteroatoms. The molecule has 0 radical (unpaired) electrons. The average molecular weight is 322 g/mol. The van der Waals surface area contributed by atoms with Crippen LogP contribution in [0.5, 0.6) is 5.75 Å². The van der Waals surface area contributed by atoms with Crippen molar-refractivity contribution in [2.45, 2.75) is 20.5 Å². The van der Waals surface area contributed by atoms with Crippen LogP contribution in [0.2, 0.25) is 0 Å². The number of ether oxygens (including phenoxy) is 1. The van der Waals surface area contributed by atoms with Crippen molar-refractivity contribution in [1.29, 1.82) is 0 Å². The number of nitrogens with one attached hydrogen (secondary N) is 2. The third kappa shape index (κ3) is 3.98. The number of nitrogens with zero attached hydrogens (tertiary/aromatic N) is 2. The Hall–Kier alpha value is -3.15. The van der Waals surface area contributed by atoms with E-state index in [1.807, 2.05) is 38.1 Å². The maximum absolute atomic E-state index is 12.0. The van der Waals surface area contributed by atoms with Crippen molar-refractivity contribution in [2.75, 3.05) is 5.32 Å². The third-order valence-electron chi connectivity index (χ3n) is 3.46. The number of carbonyl (C=O) groups is 1. The van der Waals surface area contributed by atoms with Crippen LogP contribution in [0, 0.1) is 13.8 Å². The van der Waals surface area contributed by atoms with E-state index in [2.05, 4.69) is 26.6 Å². The summed E-state index contributed by atoms with van der Waals surface area (Å²) < 4.78 is 5.82. The Balaban J connectivity index is 1.61. The zero-order valence-electron chi connectivity index (χ0n) is 13.5. The van der Waals surface area contributed by atoms with Gasteiger partial charge < -0.3 is 4.74 Å². The van der Waals surface area contributed by atoms with E-state index in [0.29, 0.717) is 18.1 Å². The Kier molecular flexibility index (Phi) is 4.56. The van der Waals surface area contributed by atoms with Crippen molar-refractivity contribution >= 4 is 11.9 Å². The first-order valence-electron chi connectivity index (χ1n) is 7.57. The van der Waals surface area contributed by atoms with Crippen molar-refractivity contribution in [3.63, 3.8) is 0 Å². The van der Waals surface area contributed by atoms with Gasteiger partial charge in [-0.25, -0.2) is 5.10 Å². The van der Waals surface area contributed by atoms with Crippen LogP contribution in [0.1, 0.15) is 27.0 Å². The Morgan fingerprint density at radius 1 is 1.12 bits per heavy atom. The first kappa shape index (κ1) is 15.7. The lowest BCUT2D eigenvalue weighted by molar-refractivity contribution is 0.102. The molecule has 1 amide bonds. The summed E-state index contributed by atoms with van der Waals surface area (Å²) in [5.74, 6) is 0.926. The molecule has 0 atom stereocenters. The molecule has 2 aromatic carbocycles. The second kappa shape index (κ2) is 6.95. The van der Waals surface area contributed by atoms with Gasteiger partial charge in [0.2, 0.25) is 5.95 Å². The summed E-state index contributed by atoms with van der Waals surface area (Å²) in [6.45, 7) is 4.54. The maximum Gasteiger partial charge on any atom is 0.258 e. The molecule has 0 saturated carbocycles. The predicted octanol–water partition coefficient (Wildman–Crippen LogP) is 3.25. The van der Waals surface area contributed by atoms with E-state index in [1.165, 1.54) is 17.5 Å². The highest BCUT2D eigenvalue weighted by Crippen LogP contribution is 2.18. The molecule has 0 aliphatic heterocycles. The van der Waals surface area contributed by atoms with E-state index in [-0.39, 0.29) is 5.91 Å². The molecule has 0 fully saturated rings. The number of hydrogen-bond donors (Lipinski definition) is 2. The number of rotatable bonds is 5. The predicted molar refractivity (Wildman–Crippen MR) is 91.0 cm³/mol. The van der Waals surface area contributed by atoms with Crippen LogP contribution < -0.4 is 10.1 Å². The van der Waals surface area contributed by atoms with Crippen LogP contribution in [0.15, 0.2) is 48.8 Å². The summed E-state index contributed by atoms with van der Waals surface area (Å²) in [7, 11) is 0. The molecule has 2 N–H and O–H groups in total. The molecule has 0 bridgehead atoms. The number of hydrogen-bond acceptors (Lipinski definition) is 4. The second-order valence-corrected chi connectivity index (χ2v) is 5.60. The minimum absolute atomic E-state index is 0.242. The summed E-state index contributed by atoms with van der Waals surface area (Å²) >= 11 is 0. The number of aromatic amines is 1. The van der Waals surface area contributed by atoms with Gasteiger partial charge in [0.15, 0.2) is 0 Å². The van der Waals surface area contributed by atoms with Crippen molar-refractivity contribution in [3.8, 4) is 5.75 Å². The van der Waals surface area contributed by atoms with Gasteiger partial charge in [-0.15, -0.1) is 0 Å². The molecular weight excluding hydrogens is 304 g/mol. The van der Waals surface area contributed by atoms with E-state index in [0.717, 1.165) is 11.3 Å². The van der Waals surface area contributed by atoms with Crippen molar-refractivity contribution in [2.24, 2.45) is 0 Å². The van der Waals surface area contributed by atoms with Crippen LogP contribution in [-0.2, 0) is 6.61 Å². The van der Waals surface area contributed by atoms with E-state index in [9.17, 15) is 4.79 Å². The van der Waals surface area contributed by atoms with E-state index < -0.39 is 0 Å². The van der Waals surface area contributed by atoms with E-state index in [1.54, 1.807) is 12.1 Å². The molecular formula is C18H18N4O2. The molecule has 24 heavy (non-hydrogen) atoms. The van der Waals surface area contributed by atoms with Crippen LogP contribution >= 0.6 is 0 Å². The van der Waals surface area contributed by atoms with Crippen LogP contribution in [-0.4, -0.2) is 21.1 Å². The Morgan fingerprint density at radius 3 is 2.46 bits per heavy atom. The lowest BCUT2D eigenvalue weighted by Gasteiger charge is -2.09. The van der Waals surface area contributed by atoms with E-state index in [4.69, 9.17) is 4.74 Å². The average Bonchev–Trinajstić information content (AvgIpc) is 3.05. The van der Waals surface area contributed by atoms with Gasteiger partial charge in [-0.2, -0.15) is 10.1 Å². The Bertz CT molecular complexity index is 806. The largest absolute Gasteiger partial charge is 0.489 e. The highest BCUT2D eigenvalue weighted by molar-refractivity contribution is 6.03. The van der Waals surface area contributed by atoms with Crippen molar-refractivity contribution in [1.82, 2.24) is 15.2 Å². The molecule has 3 aromatic rings. The lowest BCUT2D eigenvalue weighted by atomic mass is 10.1. The fourth-order valence-corrected chi connectivity index (χ4v) is 2.38. The van der Waals surface area contributed by atoms with Crippen LogP contribution in [0.25, 0.3) is 0 Å². The molecule has 0 unspecified atom stereocenters. The fourth-order valence-electron chi connectivity index (χ4n) is 2.38. The van der Waals surface area contributed by atoms with Gasteiger partial charge in [0.1, 0.15) is 18.7 Å². The summed E-state index contributed by atoms with van der Waals surface area (Å²) in [5, 5.41) is 8.89. The highest BCUT2D eigenvalue weighted by atomic mass is 16.5. The molecule has 1 aromatic heterocycles. The van der Waals surface area contributed by atoms with Gasteiger partial charge in [0.25, 0.3) is 5.91 Å². The number of aromatic nitrogens is 3. The monoisotopic (exact) mass is 322 g/mol. The van der Waals surface area contributed by atoms with Gasteiger partial charge >= 0.3 is 0 Å². The number of H-pyrrole nitrogens is 1. The summed E-state index contributed by atoms with van der Waals surface area (Å²) in [4.78, 5) is 15.9. The number of aryl methyl sites for hydroxylation is 2. The SMILES string of the molecule is Cc1cc(C)cc(OCc2ccc(C(=O)Nc3ncn[nH]3)cc2)c1. The summed E-state index contributed by atoms with van der Waals surface area (Å²) in [5.41, 5.74) is 3.88. The first-order chi connectivity index (χ1) is 11.6. The Morgan fingerprint density at radius 2 is 1.83 bits per heavy atom. The van der Waals surface area contributed by atoms with Crippen molar-refractivity contribution in [3.05, 3.63) is 71.0 Å². The van der Waals surface area contributed by atoms with Gasteiger partial charge in [0, 0.05) is 5.56 Å². The van der Waals surface area contributed by atoms with Crippen LogP contribution in [0.3, 0.4) is 0 Å². The molecule has 0 spiro atoms. The molecule has 0 aliphatic carbocycles. The second-order valence-electron chi connectivity index (χ2n) is 5.60. The van der Waals surface area contributed by atoms with Gasteiger partial charge in [-0.1, -0.05) is 18.2 Å². The lowest BCUT2D eigenvalue weighted by Crippen LogP contribution is -2.13. The van der Waals surface area contributed by atoms with Gasteiger partial charge in [-0.3, -0.25) is 10.1 Å². The third-order valence-corrected chi connectivity index (χ3v) is 3.46. The number of benzene rings is 2. The molecule has 1 heterocycles. The zero-order valence-corrected chi connectivity index (χ0v) is 13.5. The molecule has 122 valence electrons. The van der Waals surface area contributed by atoms with Gasteiger partial charge in [-0.05, 0) is 54.8 Å². The summed E-state index contributed by atoms with van der Waals surface area (Å²) in [6, 6.07) is 13.4. The quantitative estimate of drug-likeness (QED) is 0.755. The maximum atomic E-state index is 12.0. The molecule has 6 nitrogen and oxygen atoms in total. The Labute approximate surface area is 139 Å². The van der Waals surface area contributed by atoms with Crippen LogP contribution in [0.4, 0.5) is 5.95 Å². The zero-order chi connectivity index (χ0) is 16.9. The van der Waals surface area contributed by atoms with E-state index >= 15 is 0 Å². The van der Waals surface area contributed by atoms with Crippen molar-refractivity contribution < 1.29 is 9.53 Å². The molecule has 0 saturated heterocycles. The number of amides is 1. The smallest absolute Gasteiger partial charge is 0.258 e. The minimum atomic E-state index is -0.242. The first-order valence-corrected chi connectivity index (χ1v) is 7.57. The minimum Gasteiger partial charge on any atom is -0.489 e. The fraction of sp³-hybridized carbons (Fsp3) is 0.167. The highest BCUT2D eigenvalue weighted by Gasteiger charge is 2.07. The number of anilines is 1. The number of carbonyl (C=O) groups excluding carboxylic acids is 1. The molecule has 0 aliphatic rings. The standard InChI is InChI=1S/C18H18N4O2/c1-12-7-13(2)9-16(8-12)24-10-14-3-5-15(6-4-14)17(23)21-18-19-11-20-22-18/h3-9,11H,10H2,1-2H3,(H2,19,20,21,22,23). The normalized spacial score (nSPS) is 10.4. The summed E-state index contributed by atoms with van der Waals surface area (Å²) in [6.07, 6.45) is 1.34. The van der Waals surface area contributed by atoms with Gasteiger partial charge in [0.05, 0.1) is 0 Å². The topological polar surface area (TPSA) is 79.9 Å². The molecule has 3 rings (SSSR count).